The maximum atomic E-state index is 13.6. The molecule has 1 N–H and O–H groups in total. The fraction of sp³-hybridized carbons (Fsp3) is 0.571. The predicted octanol–water partition coefficient (Wildman–Crippen LogP) is 3.56. The quantitative estimate of drug-likeness (QED) is 0.898. The summed E-state index contributed by atoms with van der Waals surface area (Å²) in [5, 5.41) is 3.58. The van der Waals surface area contributed by atoms with Gasteiger partial charge in [0.2, 0.25) is 0 Å². The summed E-state index contributed by atoms with van der Waals surface area (Å²) in [6.07, 6.45) is 1.06. The van der Waals surface area contributed by atoms with E-state index < -0.39 is 0 Å². The van der Waals surface area contributed by atoms with E-state index in [0.717, 1.165) is 25.2 Å². The highest BCUT2D eigenvalue weighted by Crippen LogP contribution is 2.28. The molecule has 0 spiro atoms. The minimum atomic E-state index is -0.198. The van der Waals surface area contributed by atoms with Crippen LogP contribution in [0.2, 0.25) is 0 Å². The third kappa shape index (κ3) is 2.69. The normalized spacial score (nSPS) is 28.5. The Kier molecular flexibility index (Phi) is 3.97. The van der Waals surface area contributed by atoms with Crippen LogP contribution < -0.4 is 10.2 Å². The molecule has 2 rings (SSSR count). The molecule has 1 aromatic carbocycles. The molecule has 0 aliphatic carbocycles. The largest absolute Gasteiger partial charge is 0.366 e. The number of nitrogens with zero attached hydrogens (tertiary/aromatic N) is 1. The van der Waals surface area contributed by atoms with Crippen LogP contribution in [0.1, 0.15) is 27.2 Å². The van der Waals surface area contributed by atoms with Crippen LogP contribution >= 0.6 is 15.9 Å². The second kappa shape index (κ2) is 5.17. The smallest absolute Gasteiger partial charge is 0.139 e. The van der Waals surface area contributed by atoms with Gasteiger partial charge in [0.25, 0.3) is 0 Å². The summed E-state index contributed by atoms with van der Waals surface area (Å²) in [5.74, 6) is -0.198. The zero-order valence-electron chi connectivity index (χ0n) is 11.1. The second-order valence-electron chi connectivity index (χ2n) is 5.37. The van der Waals surface area contributed by atoms with Crippen LogP contribution in [0.25, 0.3) is 0 Å². The van der Waals surface area contributed by atoms with Gasteiger partial charge in [0.05, 0.1) is 4.47 Å². The van der Waals surface area contributed by atoms with Crippen molar-refractivity contribution in [2.75, 3.05) is 18.0 Å². The van der Waals surface area contributed by atoms with Gasteiger partial charge >= 0.3 is 0 Å². The maximum Gasteiger partial charge on any atom is 0.139 e. The Labute approximate surface area is 117 Å². The molecule has 1 aliphatic rings. The molecule has 1 fully saturated rings. The van der Waals surface area contributed by atoms with Crippen molar-refractivity contribution in [1.29, 1.82) is 0 Å². The molecule has 0 radical (unpaired) electrons. The zero-order chi connectivity index (χ0) is 13.3. The summed E-state index contributed by atoms with van der Waals surface area (Å²) < 4.78 is 14.2. The standard InChI is InChI=1S/C14H20BrFN2/c1-4-14(3)9-18(10(2)8-17-14)11-5-6-12(15)13(16)7-11/h5-7,10,17H,4,8-9H2,1-3H3. The third-order valence-corrected chi connectivity index (χ3v) is 4.53. The summed E-state index contributed by atoms with van der Waals surface area (Å²) >= 11 is 3.20. The van der Waals surface area contributed by atoms with Gasteiger partial charge in [0.15, 0.2) is 0 Å². The van der Waals surface area contributed by atoms with Gasteiger partial charge in [0, 0.05) is 30.4 Å². The number of rotatable bonds is 2. The Hall–Kier alpha value is -0.610. The molecule has 1 aliphatic heterocycles. The molecule has 18 heavy (non-hydrogen) atoms. The van der Waals surface area contributed by atoms with E-state index in [2.05, 4.69) is 46.9 Å². The molecular weight excluding hydrogens is 295 g/mol. The Morgan fingerprint density at radius 2 is 2.28 bits per heavy atom. The van der Waals surface area contributed by atoms with Crippen molar-refractivity contribution in [3.8, 4) is 0 Å². The highest BCUT2D eigenvalue weighted by molar-refractivity contribution is 9.10. The first-order valence-corrected chi connectivity index (χ1v) is 7.21. The van der Waals surface area contributed by atoms with Crippen molar-refractivity contribution in [3.05, 3.63) is 28.5 Å². The van der Waals surface area contributed by atoms with E-state index in [9.17, 15) is 4.39 Å². The lowest BCUT2D eigenvalue weighted by molar-refractivity contribution is 0.285. The van der Waals surface area contributed by atoms with Crippen molar-refractivity contribution in [3.63, 3.8) is 0 Å². The van der Waals surface area contributed by atoms with Gasteiger partial charge in [-0.3, -0.25) is 0 Å². The molecule has 0 saturated carbocycles. The summed E-state index contributed by atoms with van der Waals surface area (Å²) in [6.45, 7) is 8.42. The van der Waals surface area contributed by atoms with Crippen molar-refractivity contribution < 1.29 is 4.39 Å². The number of halogens is 2. The number of benzene rings is 1. The number of nitrogens with one attached hydrogen (secondary N) is 1. The molecule has 2 nitrogen and oxygen atoms in total. The van der Waals surface area contributed by atoms with Gasteiger partial charge in [-0.2, -0.15) is 0 Å². The van der Waals surface area contributed by atoms with E-state index in [1.807, 2.05) is 6.07 Å². The van der Waals surface area contributed by atoms with Crippen LogP contribution in [0.5, 0.6) is 0 Å². The molecule has 0 aromatic heterocycles. The van der Waals surface area contributed by atoms with Gasteiger partial charge in [0.1, 0.15) is 5.82 Å². The van der Waals surface area contributed by atoms with Gasteiger partial charge in [-0.1, -0.05) is 6.92 Å². The van der Waals surface area contributed by atoms with Crippen LogP contribution in [0.15, 0.2) is 22.7 Å². The molecule has 2 atom stereocenters. The van der Waals surface area contributed by atoms with Crippen LogP contribution in [0.4, 0.5) is 10.1 Å². The lowest BCUT2D eigenvalue weighted by Crippen LogP contribution is -2.62. The first-order valence-electron chi connectivity index (χ1n) is 6.42. The SMILES string of the molecule is CCC1(C)CN(c2ccc(Br)c(F)c2)C(C)CN1. The predicted molar refractivity (Wildman–Crippen MR) is 77.6 cm³/mol. The zero-order valence-corrected chi connectivity index (χ0v) is 12.7. The lowest BCUT2D eigenvalue weighted by atomic mass is 9.93. The average Bonchev–Trinajstić information content (AvgIpc) is 2.36. The molecule has 100 valence electrons. The molecule has 1 aromatic rings. The van der Waals surface area contributed by atoms with Gasteiger partial charge in [-0.15, -0.1) is 0 Å². The van der Waals surface area contributed by atoms with Crippen molar-refractivity contribution in [1.82, 2.24) is 5.32 Å². The maximum absolute atomic E-state index is 13.6. The molecular formula is C14H20BrFN2. The monoisotopic (exact) mass is 314 g/mol. The molecule has 1 heterocycles. The van der Waals surface area contributed by atoms with Gasteiger partial charge < -0.3 is 10.2 Å². The van der Waals surface area contributed by atoms with E-state index in [0.29, 0.717) is 10.5 Å². The molecule has 0 bridgehead atoms. The summed E-state index contributed by atoms with van der Waals surface area (Å²) in [6, 6.07) is 5.75. The van der Waals surface area contributed by atoms with Crippen molar-refractivity contribution >= 4 is 21.6 Å². The lowest BCUT2D eigenvalue weighted by Gasteiger charge is -2.46. The highest BCUT2D eigenvalue weighted by Gasteiger charge is 2.32. The van der Waals surface area contributed by atoms with Crippen LogP contribution in [0.3, 0.4) is 0 Å². The number of hydrogen-bond acceptors (Lipinski definition) is 2. The average molecular weight is 315 g/mol. The van der Waals surface area contributed by atoms with Gasteiger partial charge in [-0.25, -0.2) is 4.39 Å². The summed E-state index contributed by atoms with van der Waals surface area (Å²) in [4.78, 5) is 2.29. The third-order valence-electron chi connectivity index (χ3n) is 3.89. The number of anilines is 1. The summed E-state index contributed by atoms with van der Waals surface area (Å²) in [7, 11) is 0. The Morgan fingerprint density at radius 3 is 2.89 bits per heavy atom. The second-order valence-corrected chi connectivity index (χ2v) is 6.22. The van der Waals surface area contributed by atoms with E-state index in [1.54, 1.807) is 12.1 Å². The van der Waals surface area contributed by atoms with E-state index >= 15 is 0 Å². The fourth-order valence-electron chi connectivity index (χ4n) is 2.34. The number of piperazine rings is 1. The van der Waals surface area contributed by atoms with Crippen molar-refractivity contribution in [2.45, 2.75) is 38.8 Å². The highest BCUT2D eigenvalue weighted by atomic mass is 79.9. The van der Waals surface area contributed by atoms with E-state index in [4.69, 9.17) is 0 Å². The molecule has 0 amide bonds. The van der Waals surface area contributed by atoms with Crippen LogP contribution in [0, 0.1) is 5.82 Å². The number of hydrogen-bond donors (Lipinski definition) is 1. The molecule has 2 unspecified atom stereocenters. The van der Waals surface area contributed by atoms with Crippen LogP contribution in [-0.4, -0.2) is 24.7 Å². The molecule has 4 heteroatoms. The van der Waals surface area contributed by atoms with Crippen LogP contribution in [-0.2, 0) is 0 Å². The molecule has 1 saturated heterocycles. The van der Waals surface area contributed by atoms with Gasteiger partial charge in [-0.05, 0) is 54.4 Å². The minimum absolute atomic E-state index is 0.107. The Balaban J connectivity index is 2.27. The Morgan fingerprint density at radius 1 is 1.56 bits per heavy atom. The minimum Gasteiger partial charge on any atom is -0.366 e. The first kappa shape index (κ1) is 13.8. The Bertz CT molecular complexity index is 438. The van der Waals surface area contributed by atoms with E-state index in [1.165, 1.54) is 0 Å². The van der Waals surface area contributed by atoms with E-state index in [-0.39, 0.29) is 11.4 Å². The fourth-order valence-corrected chi connectivity index (χ4v) is 2.58. The first-order chi connectivity index (χ1) is 8.45. The summed E-state index contributed by atoms with van der Waals surface area (Å²) in [5.41, 5.74) is 1.07. The topological polar surface area (TPSA) is 15.3 Å². The van der Waals surface area contributed by atoms with Crippen molar-refractivity contribution in [2.24, 2.45) is 0 Å².